The number of anilines is 1. The zero-order valence-corrected chi connectivity index (χ0v) is 29.3. The predicted molar refractivity (Wildman–Crippen MR) is 190 cm³/mol. The van der Waals surface area contributed by atoms with Crippen molar-refractivity contribution in [1.82, 2.24) is 5.32 Å². The highest BCUT2D eigenvalue weighted by Gasteiger charge is 2.42. The summed E-state index contributed by atoms with van der Waals surface area (Å²) in [6.45, 7) is 2.73. The standard InChI is InChI=1S/C37H56N4O7/c1-6-7-8-9-25(10-13-29(42)14-11-26-12-15-31(43)32(20-26)46-4)18-28-19-30(41-36(38)40-3)35(45)33(21-28)48-37(24-39-2)17-16-27(23-37)22-34(44)47-5/h10,12-13,15,19-21,25,27,34,39,43-45H,6-9,11,14,16-18,22-24H2,1-5H3,(H3,38,40,41)/b13-10+/t25-,27-,34-,37-/m1/s1. The molecule has 4 atom stereocenters. The molecule has 0 unspecified atom stereocenters. The summed E-state index contributed by atoms with van der Waals surface area (Å²) >= 11 is 0. The first-order valence-corrected chi connectivity index (χ1v) is 17.0. The lowest BCUT2D eigenvalue weighted by Gasteiger charge is -2.32. The van der Waals surface area contributed by atoms with Gasteiger partial charge in [-0.3, -0.25) is 9.79 Å². The van der Waals surface area contributed by atoms with E-state index in [4.69, 9.17) is 19.9 Å². The van der Waals surface area contributed by atoms with Crippen LogP contribution in [0.2, 0.25) is 0 Å². The molecule has 0 bridgehead atoms. The number of aliphatic imine (C=N–C) groups is 1. The van der Waals surface area contributed by atoms with E-state index < -0.39 is 11.9 Å². The molecular weight excluding hydrogens is 612 g/mol. The smallest absolute Gasteiger partial charge is 0.192 e. The first-order chi connectivity index (χ1) is 23.0. The monoisotopic (exact) mass is 668 g/mol. The highest BCUT2D eigenvalue weighted by atomic mass is 16.6. The van der Waals surface area contributed by atoms with Gasteiger partial charge in [0.2, 0.25) is 0 Å². The van der Waals surface area contributed by atoms with E-state index in [1.165, 1.54) is 14.2 Å². The van der Waals surface area contributed by atoms with E-state index in [1.54, 1.807) is 31.3 Å². The normalized spacial score (nSPS) is 19.4. The molecule has 266 valence electrons. The summed E-state index contributed by atoms with van der Waals surface area (Å²) < 4.78 is 17.0. The number of phenols is 2. The minimum Gasteiger partial charge on any atom is -0.504 e. The number of nitrogens with two attached hydrogens (primary N) is 1. The Labute approximate surface area is 285 Å². The Hall–Kier alpha value is -3.80. The number of aliphatic hydroxyl groups is 1. The quantitative estimate of drug-likeness (QED) is 0.0267. The molecule has 0 spiro atoms. The number of ketones is 1. The summed E-state index contributed by atoms with van der Waals surface area (Å²) in [5.74, 6) is 1.21. The molecule has 1 saturated carbocycles. The van der Waals surface area contributed by atoms with Gasteiger partial charge in [-0.05, 0) is 98.9 Å². The van der Waals surface area contributed by atoms with E-state index >= 15 is 0 Å². The summed E-state index contributed by atoms with van der Waals surface area (Å²) in [6, 6.07) is 8.87. The van der Waals surface area contributed by atoms with Gasteiger partial charge in [0.05, 0.1) is 12.8 Å². The number of allylic oxidation sites excluding steroid dienone is 2. The molecule has 48 heavy (non-hydrogen) atoms. The number of methoxy groups -OCH3 is 2. The van der Waals surface area contributed by atoms with Gasteiger partial charge in [-0.2, -0.15) is 0 Å². The zero-order chi connectivity index (χ0) is 35.1. The van der Waals surface area contributed by atoms with Crippen LogP contribution in [0.25, 0.3) is 0 Å². The number of benzene rings is 2. The van der Waals surface area contributed by atoms with Crippen LogP contribution in [0.5, 0.6) is 23.0 Å². The van der Waals surface area contributed by atoms with E-state index in [0.29, 0.717) is 55.8 Å². The molecule has 0 heterocycles. The number of hydrogen-bond acceptors (Lipinski definition) is 9. The molecule has 1 fully saturated rings. The molecule has 7 N–H and O–H groups in total. The number of aryl methyl sites for hydroxylation is 1. The van der Waals surface area contributed by atoms with Gasteiger partial charge in [0.25, 0.3) is 0 Å². The summed E-state index contributed by atoms with van der Waals surface area (Å²) in [7, 11) is 6.44. The van der Waals surface area contributed by atoms with Crippen molar-refractivity contribution in [3.63, 3.8) is 0 Å². The minimum absolute atomic E-state index is 0.0231. The lowest BCUT2D eigenvalue weighted by Crippen LogP contribution is -2.43. The second-order valence-corrected chi connectivity index (χ2v) is 12.9. The molecule has 2 aromatic carbocycles. The highest BCUT2D eigenvalue weighted by Crippen LogP contribution is 2.44. The first-order valence-electron chi connectivity index (χ1n) is 17.0. The van der Waals surface area contributed by atoms with Crippen molar-refractivity contribution in [1.29, 1.82) is 0 Å². The van der Waals surface area contributed by atoms with Crippen molar-refractivity contribution in [2.45, 2.75) is 89.4 Å². The number of aromatic hydroxyl groups is 2. The van der Waals surface area contributed by atoms with E-state index in [-0.39, 0.29) is 35.1 Å². The lowest BCUT2D eigenvalue weighted by molar-refractivity contribution is -0.114. The Bertz CT molecular complexity index is 1380. The number of nitrogens with zero attached hydrogens (tertiary/aromatic N) is 1. The first kappa shape index (κ1) is 38.6. The molecule has 0 aromatic heterocycles. The molecule has 11 heteroatoms. The molecule has 0 amide bonds. The maximum atomic E-state index is 12.9. The maximum absolute atomic E-state index is 12.9. The number of carbonyl (C=O) groups excluding carboxylic acids is 1. The van der Waals surface area contributed by atoms with Crippen molar-refractivity contribution in [2.24, 2.45) is 22.6 Å². The zero-order valence-electron chi connectivity index (χ0n) is 29.3. The minimum atomic E-state index is -0.829. The molecule has 0 radical (unpaired) electrons. The van der Waals surface area contributed by atoms with Crippen LogP contribution in [0.3, 0.4) is 0 Å². The van der Waals surface area contributed by atoms with Gasteiger partial charge in [0, 0.05) is 33.5 Å². The van der Waals surface area contributed by atoms with Crippen LogP contribution in [0.1, 0.15) is 75.8 Å². The van der Waals surface area contributed by atoms with Gasteiger partial charge in [-0.25, -0.2) is 0 Å². The van der Waals surface area contributed by atoms with Crippen LogP contribution < -0.4 is 25.8 Å². The Balaban J connectivity index is 1.85. The number of nitrogens with one attached hydrogen (secondary N) is 2. The van der Waals surface area contributed by atoms with Gasteiger partial charge in [0.15, 0.2) is 41.0 Å². The highest BCUT2D eigenvalue weighted by molar-refractivity contribution is 5.94. The van der Waals surface area contributed by atoms with Crippen LogP contribution in [0, 0.1) is 11.8 Å². The van der Waals surface area contributed by atoms with Gasteiger partial charge in [0.1, 0.15) is 5.60 Å². The number of rotatable bonds is 20. The molecule has 11 nitrogen and oxygen atoms in total. The average molecular weight is 669 g/mol. The van der Waals surface area contributed by atoms with E-state index in [2.05, 4.69) is 22.5 Å². The second kappa shape index (κ2) is 19.3. The number of phenolic OH excluding ortho intramolecular Hbond substituents is 2. The van der Waals surface area contributed by atoms with Crippen molar-refractivity contribution >= 4 is 17.4 Å². The number of aliphatic hydroxyl groups excluding tert-OH is 1. The fourth-order valence-corrected chi connectivity index (χ4v) is 6.47. The molecule has 3 rings (SSSR count). The van der Waals surface area contributed by atoms with Crippen LogP contribution >= 0.6 is 0 Å². The summed E-state index contributed by atoms with van der Waals surface area (Å²) in [4.78, 5) is 17.0. The molecule has 2 aromatic rings. The number of likely N-dealkylation sites (N-methyl/N-ethyl adjacent to an activating group) is 1. The summed E-state index contributed by atoms with van der Waals surface area (Å²) in [5, 5.41) is 37.6. The second-order valence-electron chi connectivity index (χ2n) is 12.9. The third-order valence-corrected chi connectivity index (χ3v) is 9.07. The molecule has 1 aliphatic rings. The number of hydrogen-bond donors (Lipinski definition) is 6. The third kappa shape index (κ3) is 11.7. The van der Waals surface area contributed by atoms with E-state index in [0.717, 1.165) is 49.7 Å². The van der Waals surface area contributed by atoms with Crippen molar-refractivity contribution < 1.29 is 34.3 Å². The Morgan fingerprint density at radius 1 is 1.17 bits per heavy atom. The maximum Gasteiger partial charge on any atom is 0.192 e. The average Bonchev–Trinajstić information content (AvgIpc) is 3.46. The van der Waals surface area contributed by atoms with Crippen LogP contribution in [0.4, 0.5) is 5.69 Å². The van der Waals surface area contributed by atoms with Crippen LogP contribution in [-0.2, 0) is 22.4 Å². The van der Waals surface area contributed by atoms with Gasteiger partial charge < -0.3 is 45.9 Å². The molecular formula is C37H56N4O7. The van der Waals surface area contributed by atoms with Gasteiger partial charge in [-0.15, -0.1) is 0 Å². The summed E-state index contributed by atoms with van der Waals surface area (Å²) in [5.41, 5.74) is 7.67. The lowest BCUT2D eigenvalue weighted by atomic mass is 9.92. The largest absolute Gasteiger partial charge is 0.504 e. The van der Waals surface area contributed by atoms with Crippen molar-refractivity contribution in [3.8, 4) is 23.0 Å². The van der Waals surface area contributed by atoms with Crippen molar-refractivity contribution in [2.75, 3.05) is 40.2 Å². The Morgan fingerprint density at radius 2 is 1.94 bits per heavy atom. The van der Waals surface area contributed by atoms with E-state index in [1.807, 2.05) is 25.3 Å². The SMILES string of the molecule is CCCCC[C@H](/C=C/C(=O)CCc1ccc(O)c(OC)c1)Cc1cc(NC(N)=NC)c(O)c(O[C@]2(CNC)CC[C@H](C[C@H](O)OC)C2)c1. The van der Waals surface area contributed by atoms with Gasteiger partial charge >= 0.3 is 0 Å². The van der Waals surface area contributed by atoms with E-state index in [9.17, 15) is 20.1 Å². The Kier molecular flexibility index (Phi) is 15.5. The summed E-state index contributed by atoms with van der Waals surface area (Å²) in [6.07, 6.45) is 11.3. The van der Waals surface area contributed by atoms with Gasteiger partial charge in [-0.1, -0.05) is 38.3 Å². The van der Waals surface area contributed by atoms with Crippen LogP contribution in [0.15, 0.2) is 47.5 Å². The molecule has 0 aliphatic heterocycles. The molecule has 0 saturated heterocycles. The fourth-order valence-electron chi connectivity index (χ4n) is 6.47. The van der Waals surface area contributed by atoms with Crippen molar-refractivity contribution in [3.05, 3.63) is 53.6 Å². The number of guanidine groups is 1. The topological polar surface area (TPSA) is 168 Å². The third-order valence-electron chi connectivity index (χ3n) is 9.07. The number of unbranched alkanes of at least 4 members (excludes halogenated alkanes) is 2. The predicted octanol–water partition coefficient (Wildman–Crippen LogP) is 5.45. The number of ether oxygens (including phenoxy) is 3. The number of carbonyl (C=O) groups is 1. The van der Waals surface area contributed by atoms with Crippen LogP contribution in [-0.4, -0.2) is 73.8 Å². The Morgan fingerprint density at radius 3 is 2.62 bits per heavy atom. The molecule has 1 aliphatic carbocycles. The fraction of sp³-hybridized carbons (Fsp3) is 0.568.